The molecule has 1 amide bonds. The zero-order chi connectivity index (χ0) is 17.0. The van der Waals surface area contributed by atoms with Gasteiger partial charge in [-0.1, -0.05) is 15.9 Å². The van der Waals surface area contributed by atoms with Crippen LogP contribution in [0.15, 0.2) is 38.3 Å². The average Bonchev–Trinajstić information content (AvgIpc) is 2.74. The summed E-state index contributed by atoms with van der Waals surface area (Å²) in [6.45, 7) is 3.92. The predicted molar refractivity (Wildman–Crippen MR) is 98.0 cm³/mol. The normalized spacial score (nSPS) is 11.0. The Labute approximate surface area is 152 Å². The Morgan fingerprint density at radius 2 is 2.09 bits per heavy atom. The highest BCUT2D eigenvalue weighted by molar-refractivity contribution is 9.11. The number of aryl methyl sites for hydroxylation is 1. The van der Waals surface area contributed by atoms with E-state index in [0.29, 0.717) is 5.75 Å². The number of hydrogen-bond donors (Lipinski definition) is 1. The molecule has 0 saturated heterocycles. The molecule has 0 aliphatic carbocycles. The zero-order valence-corrected chi connectivity index (χ0v) is 16.2. The van der Waals surface area contributed by atoms with E-state index >= 15 is 0 Å². The maximum Gasteiger partial charge on any atom is 0.277 e. The number of rotatable bonds is 5. The number of hydrazone groups is 1. The van der Waals surface area contributed by atoms with Gasteiger partial charge in [0.05, 0.1) is 10.7 Å². The summed E-state index contributed by atoms with van der Waals surface area (Å²) in [6, 6.07) is 7.49. The second-order valence-corrected chi connectivity index (χ2v) is 6.81. The van der Waals surface area contributed by atoms with Gasteiger partial charge in [0.2, 0.25) is 0 Å². The van der Waals surface area contributed by atoms with Gasteiger partial charge in [-0.25, -0.2) is 5.43 Å². The summed E-state index contributed by atoms with van der Waals surface area (Å²) in [6.07, 6.45) is 1.63. The predicted octanol–water partition coefficient (Wildman–Crippen LogP) is 3.70. The molecule has 1 aromatic carbocycles. The maximum atomic E-state index is 11.8. The van der Waals surface area contributed by atoms with Gasteiger partial charge < -0.3 is 9.30 Å². The van der Waals surface area contributed by atoms with Gasteiger partial charge in [0.1, 0.15) is 5.75 Å². The highest BCUT2D eigenvalue weighted by Gasteiger charge is 2.06. The Kier molecular flexibility index (Phi) is 6.01. The minimum Gasteiger partial charge on any atom is -0.483 e. The summed E-state index contributed by atoms with van der Waals surface area (Å²) in [7, 11) is 1.99. The fraction of sp³-hybridized carbons (Fsp3) is 0.250. The van der Waals surface area contributed by atoms with E-state index in [0.717, 1.165) is 25.9 Å². The van der Waals surface area contributed by atoms with Gasteiger partial charge in [-0.15, -0.1) is 0 Å². The Morgan fingerprint density at radius 1 is 1.35 bits per heavy atom. The third-order valence-electron chi connectivity index (χ3n) is 3.46. The Bertz CT molecular complexity index is 754. The molecular formula is C16H17Br2N3O2. The molecule has 7 heteroatoms. The van der Waals surface area contributed by atoms with Crippen LogP contribution in [0.25, 0.3) is 0 Å². The first kappa shape index (κ1) is 17.7. The second-order valence-electron chi connectivity index (χ2n) is 5.04. The van der Waals surface area contributed by atoms with Crippen molar-refractivity contribution in [1.82, 2.24) is 9.99 Å². The van der Waals surface area contributed by atoms with E-state index < -0.39 is 0 Å². The number of benzene rings is 1. The maximum absolute atomic E-state index is 11.8. The lowest BCUT2D eigenvalue weighted by molar-refractivity contribution is -0.123. The zero-order valence-electron chi connectivity index (χ0n) is 13.1. The van der Waals surface area contributed by atoms with Gasteiger partial charge in [-0.3, -0.25) is 4.79 Å². The molecule has 0 spiro atoms. The highest BCUT2D eigenvalue weighted by Crippen LogP contribution is 2.28. The molecule has 2 rings (SSSR count). The Hall–Kier alpha value is -1.60. The molecule has 1 N–H and O–H groups in total. The lowest BCUT2D eigenvalue weighted by atomic mass is 10.3. The molecule has 0 fully saturated rings. The Morgan fingerprint density at radius 3 is 2.70 bits per heavy atom. The fourth-order valence-electron chi connectivity index (χ4n) is 1.96. The molecule has 122 valence electrons. The van der Waals surface area contributed by atoms with Crippen LogP contribution in [0, 0.1) is 13.8 Å². The first-order valence-corrected chi connectivity index (χ1v) is 8.49. The van der Waals surface area contributed by atoms with E-state index in [1.807, 2.05) is 39.1 Å². The molecule has 0 bridgehead atoms. The number of aromatic nitrogens is 1. The molecule has 1 heterocycles. The van der Waals surface area contributed by atoms with Gasteiger partial charge in [0.15, 0.2) is 6.61 Å². The smallest absolute Gasteiger partial charge is 0.277 e. The standard InChI is InChI=1S/C16H17Br2N3O2/c1-10-6-12(11(2)21(10)3)8-19-20-16(22)9-23-15-5-4-13(17)7-14(15)18/h4-8H,9H2,1-3H3,(H,20,22)/b19-8+. The van der Waals surface area contributed by atoms with Crippen molar-refractivity contribution in [3.05, 3.63) is 50.2 Å². The number of hydrogen-bond acceptors (Lipinski definition) is 3. The van der Waals surface area contributed by atoms with Crippen LogP contribution in [0.2, 0.25) is 0 Å². The first-order valence-electron chi connectivity index (χ1n) is 6.91. The minimum absolute atomic E-state index is 0.107. The number of nitrogens with one attached hydrogen (secondary N) is 1. The molecule has 0 aliphatic rings. The van der Waals surface area contributed by atoms with Crippen molar-refractivity contribution in [2.24, 2.45) is 12.1 Å². The van der Waals surface area contributed by atoms with Crippen LogP contribution in [0.3, 0.4) is 0 Å². The van der Waals surface area contributed by atoms with Crippen LogP contribution in [0.1, 0.15) is 17.0 Å². The molecule has 1 aromatic heterocycles. The van der Waals surface area contributed by atoms with Gasteiger partial charge in [-0.2, -0.15) is 5.10 Å². The van der Waals surface area contributed by atoms with E-state index in [2.05, 4.69) is 47.0 Å². The molecule has 0 aliphatic heterocycles. The fourth-order valence-corrected chi connectivity index (χ4v) is 3.12. The van der Waals surface area contributed by atoms with Gasteiger partial charge >= 0.3 is 0 Å². The lowest BCUT2D eigenvalue weighted by Gasteiger charge is -2.07. The third-order valence-corrected chi connectivity index (χ3v) is 4.57. The summed E-state index contributed by atoms with van der Waals surface area (Å²) >= 11 is 6.74. The number of carbonyl (C=O) groups excluding carboxylic acids is 1. The minimum atomic E-state index is -0.318. The molecule has 23 heavy (non-hydrogen) atoms. The number of amides is 1. The number of carbonyl (C=O) groups is 1. The molecule has 0 unspecified atom stereocenters. The van der Waals surface area contributed by atoms with E-state index in [9.17, 15) is 4.79 Å². The topological polar surface area (TPSA) is 55.6 Å². The van der Waals surface area contributed by atoms with Gasteiger partial charge in [0.25, 0.3) is 5.91 Å². The van der Waals surface area contributed by atoms with Gasteiger partial charge in [0, 0.05) is 28.5 Å². The largest absolute Gasteiger partial charge is 0.483 e. The number of ether oxygens (including phenoxy) is 1. The van der Waals surface area contributed by atoms with E-state index in [1.165, 1.54) is 0 Å². The van der Waals surface area contributed by atoms with Crippen molar-refractivity contribution in [1.29, 1.82) is 0 Å². The van der Waals surface area contributed by atoms with Crippen molar-refractivity contribution in [2.75, 3.05) is 6.61 Å². The SMILES string of the molecule is Cc1cc(/C=N/NC(=O)COc2ccc(Br)cc2Br)c(C)n1C. The van der Waals surface area contributed by atoms with E-state index in [-0.39, 0.29) is 12.5 Å². The van der Waals surface area contributed by atoms with Crippen LogP contribution in [0.5, 0.6) is 5.75 Å². The number of nitrogens with zero attached hydrogens (tertiary/aromatic N) is 2. The van der Waals surface area contributed by atoms with Crippen molar-refractivity contribution in [3.8, 4) is 5.75 Å². The van der Waals surface area contributed by atoms with Crippen LogP contribution >= 0.6 is 31.9 Å². The van der Waals surface area contributed by atoms with Crippen LogP contribution in [0.4, 0.5) is 0 Å². The average molecular weight is 443 g/mol. The second kappa shape index (κ2) is 7.79. The molecule has 5 nitrogen and oxygen atoms in total. The molecule has 2 aromatic rings. The van der Waals surface area contributed by atoms with Crippen molar-refractivity contribution >= 4 is 44.0 Å². The summed E-state index contributed by atoms with van der Waals surface area (Å²) in [4.78, 5) is 11.8. The Balaban J connectivity index is 1.87. The van der Waals surface area contributed by atoms with Crippen molar-refractivity contribution < 1.29 is 9.53 Å². The first-order chi connectivity index (χ1) is 10.9. The molecular weight excluding hydrogens is 426 g/mol. The van der Waals surface area contributed by atoms with Crippen LogP contribution in [-0.4, -0.2) is 23.3 Å². The van der Waals surface area contributed by atoms with Crippen molar-refractivity contribution in [2.45, 2.75) is 13.8 Å². The monoisotopic (exact) mass is 441 g/mol. The third kappa shape index (κ3) is 4.68. The lowest BCUT2D eigenvalue weighted by Crippen LogP contribution is -2.24. The van der Waals surface area contributed by atoms with Crippen LogP contribution < -0.4 is 10.2 Å². The summed E-state index contributed by atoms with van der Waals surface area (Å²) in [5.41, 5.74) is 5.66. The van der Waals surface area contributed by atoms with E-state index in [4.69, 9.17) is 4.74 Å². The highest BCUT2D eigenvalue weighted by atomic mass is 79.9. The van der Waals surface area contributed by atoms with E-state index in [1.54, 1.807) is 12.3 Å². The number of halogens is 2. The molecule has 0 atom stereocenters. The van der Waals surface area contributed by atoms with Crippen molar-refractivity contribution in [3.63, 3.8) is 0 Å². The molecule has 0 saturated carbocycles. The quantitative estimate of drug-likeness (QED) is 0.567. The van der Waals surface area contributed by atoms with Gasteiger partial charge in [-0.05, 0) is 54.0 Å². The summed E-state index contributed by atoms with van der Waals surface area (Å²) in [5.74, 6) is 0.281. The molecule has 0 radical (unpaired) electrons. The summed E-state index contributed by atoms with van der Waals surface area (Å²) in [5, 5.41) is 3.97. The summed E-state index contributed by atoms with van der Waals surface area (Å²) < 4.78 is 9.22. The van der Waals surface area contributed by atoms with Crippen LogP contribution in [-0.2, 0) is 11.8 Å².